The number of hydrogen-bond donors (Lipinski definition) is 1. The number of hydrazine groups is 1. The smallest absolute Gasteiger partial charge is 0.422 e. The monoisotopic (exact) mass is 302 g/mol. The predicted molar refractivity (Wildman–Crippen MR) is 86.5 cm³/mol. The van der Waals surface area contributed by atoms with E-state index in [1.54, 1.807) is 0 Å². The second-order valence-corrected chi connectivity index (χ2v) is 7.72. The second kappa shape index (κ2) is 5.58. The minimum absolute atomic E-state index is 0.349. The number of nitrogens with one attached hydrogen (secondary N) is 1. The molecular formula is C18H26N2O2. The molecule has 4 nitrogen and oxygen atoms in total. The van der Waals surface area contributed by atoms with Crippen LogP contribution in [0.3, 0.4) is 0 Å². The van der Waals surface area contributed by atoms with Crippen LogP contribution in [0, 0.1) is 5.41 Å². The molecule has 0 atom stereocenters. The first kappa shape index (κ1) is 15.3. The van der Waals surface area contributed by atoms with Crippen molar-refractivity contribution >= 4 is 6.09 Å². The lowest BCUT2D eigenvalue weighted by Crippen LogP contribution is -2.50. The third kappa shape index (κ3) is 3.43. The van der Waals surface area contributed by atoms with Crippen molar-refractivity contribution in [2.75, 3.05) is 13.1 Å². The van der Waals surface area contributed by atoms with Gasteiger partial charge in [-0.05, 0) is 63.0 Å². The summed E-state index contributed by atoms with van der Waals surface area (Å²) in [4.78, 5) is 11.8. The Kier molecular flexibility index (Phi) is 3.89. The first-order valence-corrected chi connectivity index (χ1v) is 8.17. The number of carbonyl (C=O) groups excluding carboxylic acids is 1. The lowest BCUT2D eigenvalue weighted by molar-refractivity contribution is 0.0176. The van der Waals surface area contributed by atoms with Crippen LogP contribution in [-0.4, -0.2) is 29.8 Å². The highest BCUT2D eigenvalue weighted by Crippen LogP contribution is 2.44. The average molecular weight is 302 g/mol. The quantitative estimate of drug-likeness (QED) is 0.865. The van der Waals surface area contributed by atoms with Crippen LogP contribution in [-0.2, 0) is 17.6 Å². The van der Waals surface area contributed by atoms with Gasteiger partial charge in [-0.1, -0.05) is 24.3 Å². The van der Waals surface area contributed by atoms with Crippen molar-refractivity contribution in [3.8, 4) is 0 Å². The van der Waals surface area contributed by atoms with E-state index < -0.39 is 5.60 Å². The van der Waals surface area contributed by atoms with E-state index in [-0.39, 0.29) is 6.09 Å². The molecule has 1 amide bonds. The molecule has 1 aliphatic carbocycles. The van der Waals surface area contributed by atoms with Gasteiger partial charge >= 0.3 is 6.09 Å². The molecule has 1 heterocycles. The van der Waals surface area contributed by atoms with E-state index in [0.29, 0.717) is 5.41 Å². The van der Waals surface area contributed by atoms with Gasteiger partial charge in [-0.25, -0.2) is 9.80 Å². The van der Waals surface area contributed by atoms with Crippen molar-refractivity contribution in [3.63, 3.8) is 0 Å². The van der Waals surface area contributed by atoms with Gasteiger partial charge in [0.1, 0.15) is 5.60 Å². The predicted octanol–water partition coefficient (Wildman–Crippen LogP) is 3.31. The van der Waals surface area contributed by atoms with E-state index in [1.165, 1.54) is 24.0 Å². The number of rotatable bonds is 1. The molecular weight excluding hydrogens is 276 g/mol. The number of benzene rings is 1. The largest absolute Gasteiger partial charge is 0.443 e. The fraction of sp³-hybridized carbons (Fsp3) is 0.611. The van der Waals surface area contributed by atoms with E-state index >= 15 is 0 Å². The molecule has 3 rings (SSSR count). The topological polar surface area (TPSA) is 41.6 Å². The van der Waals surface area contributed by atoms with Crippen LogP contribution in [0.5, 0.6) is 0 Å². The average Bonchev–Trinajstić information content (AvgIpc) is 2.77. The molecule has 0 radical (unpaired) electrons. The minimum Gasteiger partial charge on any atom is -0.443 e. The Balaban J connectivity index is 1.53. The number of fused-ring (bicyclic) bond motifs is 1. The number of ether oxygens (including phenoxy) is 1. The summed E-state index contributed by atoms with van der Waals surface area (Å²) >= 11 is 0. The van der Waals surface area contributed by atoms with Crippen molar-refractivity contribution in [1.82, 2.24) is 10.4 Å². The van der Waals surface area contributed by atoms with Crippen LogP contribution in [0.25, 0.3) is 0 Å². The molecule has 0 unspecified atom stereocenters. The first-order chi connectivity index (χ1) is 10.4. The SMILES string of the molecule is CC(C)(C)OC(=O)NN1CCC2(CC1)Cc1ccccc1C2. The molecule has 1 fully saturated rings. The van der Waals surface area contributed by atoms with Crippen LogP contribution in [0.4, 0.5) is 4.79 Å². The van der Waals surface area contributed by atoms with E-state index in [1.807, 2.05) is 25.8 Å². The molecule has 1 aliphatic heterocycles. The zero-order valence-corrected chi connectivity index (χ0v) is 13.8. The number of hydrogen-bond acceptors (Lipinski definition) is 3. The van der Waals surface area contributed by atoms with Gasteiger partial charge in [0.25, 0.3) is 0 Å². The van der Waals surface area contributed by atoms with Crippen LogP contribution >= 0.6 is 0 Å². The molecule has 2 aliphatic rings. The Bertz CT molecular complexity index is 527. The summed E-state index contributed by atoms with van der Waals surface area (Å²) in [5.41, 5.74) is 5.84. The Morgan fingerprint density at radius 1 is 1.14 bits per heavy atom. The molecule has 1 spiro atoms. The summed E-state index contributed by atoms with van der Waals surface area (Å²) in [5, 5.41) is 2.00. The van der Waals surface area contributed by atoms with Crippen LogP contribution in [0.2, 0.25) is 0 Å². The highest BCUT2D eigenvalue weighted by atomic mass is 16.6. The molecule has 120 valence electrons. The molecule has 1 aromatic carbocycles. The standard InChI is InChI=1S/C18H26N2O2/c1-17(2,3)22-16(21)19-20-10-8-18(9-11-20)12-14-6-4-5-7-15(14)13-18/h4-7H,8-13H2,1-3H3,(H,19,21). The van der Waals surface area contributed by atoms with Gasteiger partial charge in [0, 0.05) is 13.1 Å². The van der Waals surface area contributed by atoms with Crippen molar-refractivity contribution < 1.29 is 9.53 Å². The Hall–Kier alpha value is -1.55. The van der Waals surface area contributed by atoms with Crippen molar-refractivity contribution in [1.29, 1.82) is 0 Å². The van der Waals surface area contributed by atoms with E-state index in [0.717, 1.165) is 25.9 Å². The van der Waals surface area contributed by atoms with Crippen molar-refractivity contribution in [2.24, 2.45) is 5.41 Å². The van der Waals surface area contributed by atoms with E-state index in [9.17, 15) is 4.79 Å². The fourth-order valence-electron chi connectivity index (χ4n) is 3.65. The molecule has 0 bridgehead atoms. The molecule has 1 N–H and O–H groups in total. The molecule has 1 saturated heterocycles. The summed E-state index contributed by atoms with van der Waals surface area (Å²) in [7, 11) is 0. The lowest BCUT2D eigenvalue weighted by atomic mass is 9.76. The maximum atomic E-state index is 11.8. The first-order valence-electron chi connectivity index (χ1n) is 8.17. The molecule has 22 heavy (non-hydrogen) atoms. The van der Waals surface area contributed by atoms with Crippen molar-refractivity contribution in [2.45, 2.75) is 52.1 Å². The lowest BCUT2D eigenvalue weighted by Gasteiger charge is -2.39. The van der Waals surface area contributed by atoms with Crippen molar-refractivity contribution in [3.05, 3.63) is 35.4 Å². The Morgan fingerprint density at radius 2 is 1.68 bits per heavy atom. The summed E-state index contributed by atoms with van der Waals surface area (Å²) in [6, 6.07) is 8.79. The van der Waals surface area contributed by atoms with Gasteiger partial charge in [-0.3, -0.25) is 5.43 Å². The second-order valence-electron chi connectivity index (χ2n) is 7.72. The van der Waals surface area contributed by atoms with Crippen LogP contribution < -0.4 is 5.43 Å². The van der Waals surface area contributed by atoms with Gasteiger partial charge in [0.2, 0.25) is 0 Å². The summed E-state index contributed by atoms with van der Waals surface area (Å²) < 4.78 is 5.32. The van der Waals surface area contributed by atoms with Crippen LogP contribution in [0.15, 0.2) is 24.3 Å². The molecule has 0 saturated carbocycles. The Labute approximate surface area is 132 Å². The van der Waals surface area contributed by atoms with E-state index in [2.05, 4.69) is 29.7 Å². The zero-order chi connectivity index (χ0) is 15.8. The summed E-state index contributed by atoms with van der Waals surface area (Å²) in [6.45, 7) is 7.44. The number of nitrogens with zero attached hydrogens (tertiary/aromatic N) is 1. The van der Waals surface area contributed by atoms with Gasteiger partial charge in [0.05, 0.1) is 0 Å². The van der Waals surface area contributed by atoms with E-state index in [4.69, 9.17) is 4.74 Å². The molecule has 1 aromatic rings. The third-order valence-electron chi connectivity index (χ3n) is 4.72. The van der Waals surface area contributed by atoms with Gasteiger partial charge < -0.3 is 4.74 Å². The number of amides is 1. The summed E-state index contributed by atoms with van der Waals surface area (Å²) in [6.07, 6.45) is 4.26. The fourth-order valence-corrected chi connectivity index (χ4v) is 3.65. The third-order valence-corrected chi connectivity index (χ3v) is 4.72. The highest BCUT2D eigenvalue weighted by molar-refractivity contribution is 5.67. The van der Waals surface area contributed by atoms with Gasteiger partial charge in [0.15, 0.2) is 0 Å². The summed E-state index contributed by atoms with van der Waals surface area (Å²) in [5.74, 6) is 0. The maximum absolute atomic E-state index is 11.8. The minimum atomic E-state index is -0.450. The number of carbonyl (C=O) groups is 1. The number of piperidine rings is 1. The van der Waals surface area contributed by atoms with Crippen LogP contribution in [0.1, 0.15) is 44.7 Å². The van der Waals surface area contributed by atoms with Gasteiger partial charge in [-0.2, -0.15) is 0 Å². The zero-order valence-electron chi connectivity index (χ0n) is 13.8. The normalized spacial score (nSPS) is 20.7. The molecule has 0 aromatic heterocycles. The molecule has 4 heteroatoms. The maximum Gasteiger partial charge on any atom is 0.422 e. The highest BCUT2D eigenvalue weighted by Gasteiger charge is 2.40. The Morgan fingerprint density at radius 3 is 2.18 bits per heavy atom. The van der Waals surface area contributed by atoms with Gasteiger partial charge in [-0.15, -0.1) is 0 Å².